The van der Waals surface area contributed by atoms with E-state index in [1.165, 1.54) is 23.6 Å². The van der Waals surface area contributed by atoms with Gasteiger partial charge in [-0.25, -0.2) is 4.98 Å². The molecule has 17 heavy (non-hydrogen) atoms. The Bertz CT molecular complexity index is 508. The topological polar surface area (TPSA) is 16.1 Å². The quantitative estimate of drug-likeness (QED) is 0.740. The van der Waals surface area contributed by atoms with Crippen LogP contribution < -0.4 is 4.90 Å². The molecular formula is C15H18N2. The molecule has 2 heterocycles. The summed E-state index contributed by atoms with van der Waals surface area (Å²) in [6.07, 6.45) is 4.49. The average Bonchev–Trinajstić information content (AvgIpc) is 2.39. The SMILES string of the molecule is CC1CCN(c2nccc3ccccc23)CC1. The second kappa shape index (κ2) is 4.36. The van der Waals surface area contributed by atoms with E-state index in [0.29, 0.717) is 0 Å². The van der Waals surface area contributed by atoms with Crippen LogP contribution in [0.5, 0.6) is 0 Å². The molecule has 0 N–H and O–H groups in total. The van der Waals surface area contributed by atoms with Crippen LogP contribution in [0.3, 0.4) is 0 Å². The zero-order valence-electron chi connectivity index (χ0n) is 10.3. The van der Waals surface area contributed by atoms with Crippen molar-refractivity contribution in [3.8, 4) is 0 Å². The number of pyridine rings is 1. The van der Waals surface area contributed by atoms with Gasteiger partial charge in [0.15, 0.2) is 0 Å². The Labute approximate surface area is 102 Å². The van der Waals surface area contributed by atoms with Crippen LogP contribution in [-0.2, 0) is 0 Å². The highest BCUT2D eigenvalue weighted by Gasteiger charge is 2.18. The first-order chi connectivity index (χ1) is 8.34. The van der Waals surface area contributed by atoms with Gasteiger partial charge in [0.25, 0.3) is 0 Å². The molecule has 0 spiro atoms. The van der Waals surface area contributed by atoms with Crippen LogP contribution in [-0.4, -0.2) is 18.1 Å². The van der Waals surface area contributed by atoms with Gasteiger partial charge >= 0.3 is 0 Å². The minimum atomic E-state index is 0.862. The van der Waals surface area contributed by atoms with Gasteiger partial charge in [0.2, 0.25) is 0 Å². The van der Waals surface area contributed by atoms with Gasteiger partial charge in [0.05, 0.1) is 0 Å². The van der Waals surface area contributed by atoms with Crippen LogP contribution in [0.15, 0.2) is 36.5 Å². The molecule has 3 rings (SSSR count). The van der Waals surface area contributed by atoms with Crippen molar-refractivity contribution in [2.75, 3.05) is 18.0 Å². The molecule has 0 unspecified atom stereocenters. The van der Waals surface area contributed by atoms with Crippen LogP contribution in [0.1, 0.15) is 19.8 Å². The predicted molar refractivity (Wildman–Crippen MR) is 72.4 cm³/mol. The van der Waals surface area contributed by atoms with E-state index in [1.807, 2.05) is 6.20 Å². The van der Waals surface area contributed by atoms with E-state index in [1.54, 1.807) is 0 Å². The van der Waals surface area contributed by atoms with Crippen molar-refractivity contribution < 1.29 is 0 Å². The van der Waals surface area contributed by atoms with Gasteiger partial charge in [-0.3, -0.25) is 0 Å². The summed E-state index contributed by atoms with van der Waals surface area (Å²) in [5.74, 6) is 2.02. The van der Waals surface area contributed by atoms with Crippen LogP contribution >= 0.6 is 0 Å². The lowest BCUT2D eigenvalue weighted by Crippen LogP contribution is -2.33. The van der Waals surface area contributed by atoms with Crippen LogP contribution in [0.25, 0.3) is 10.8 Å². The lowest BCUT2D eigenvalue weighted by atomic mass is 9.99. The fourth-order valence-electron chi connectivity index (χ4n) is 2.58. The van der Waals surface area contributed by atoms with E-state index in [0.717, 1.165) is 24.8 Å². The number of hydrogen-bond acceptors (Lipinski definition) is 2. The first kappa shape index (κ1) is 10.6. The summed E-state index contributed by atoms with van der Waals surface area (Å²) in [6.45, 7) is 4.62. The van der Waals surface area contributed by atoms with Crippen LogP contribution in [0, 0.1) is 5.92 Å². The van der Waals surface area contributed by atoms with E-state index in [2.05, 4.69) is 47.1 Å². The Balaban J connectivity index is 2.00. The zero-order chi connectivity index (χ0) is 11.7. The maximum atomic E-state index is 4.58. The highest BCUT2D eigenvalue weighted by molar-refractivity contribution is 5.92. The number of nitrogens with zero attached hydrogens (tertiary/aromatic N) is 2. The highest BCUT2D eigenvalue weighted by Crippen LogP contribution is 2.27. The smallest absolute Gasteiger partial charge is 0.136 e. The normalized spacial score (nSPS) is 17.6. The number of piperidine rings is 1. The molecule has 0 radical (unpaired) electrons. The third-order valence-electron chi connectivity index (χ3n) is 3.74. The molecule has 1 aromatic carbocycles. The van der Waals surface area contributed by atoms with Gasteiger partial charge in [-0.15, -0.1) is 0 Å². The number of aromatic nitrogens is 1. The van der Waals surface area contributed by atoms with Crippen molar-refractivity contribution >= 4 is 16.6 Å². The highest BCUT2D eigenvalue weighted by atomic mass is 15.2. The van der Waals surface area contributed by atoms with E-state index >= 15 is 0 Å². The molecule has 1 saturated heterocycles. The van der Waals surface area contributed by atoms with Crippen molar-refractivity contribution in [3.05, 3.63) is 36.5 Å². The number of fused-ring (bicyclic) bond motifs is 1. The van der Waals surface area contributed by atoms with Crippen LogP contribution in [0.2, 0.25) is 0 Å². The molecule has 0 aliphatic carbocycles. The standard InChI is InChI=1S/C15H18N2/c1-12-7-10-17(11-8-12)15-14-5-3-2-4-13(14)6-9-16-15/h2-6,9,12H,7-8,10-11H2,1H3. The first-order valence-corrected chi connectivity index (χ1v) is 6.43. The monoisotopic (exact) mass is 226 g/mol. The molecule has 1 aliphatic heterocycles. The predicted octanol–water partition coefficient (Wildman–Crippen LogP) is 3.47. The minimum absolute atomic E-state index is 0.862. The summed E-state index contributed by atoms with van der Waals surface area (Å²) >= 11 is 0. The largest absolute Gasteiger partial charge is 0.356 e. The Hall–Kier alpha value is -1.57. The van der Waals surface area contributed by atoms with Crippen molar-refractivity contribution in [3.63, 3.8) is 0 Å². The van der Waals surface area contributed by atoms with Crippen molar-refractivity contribution in [2.24, 2.45) is 5.92 Å². The number of rotatable bonds is 1. The number of hydrogen-bond donors (Lipinski definition) is 0. The lowest BCUT2D eigenvalue weighted by Gasteiger charge is -2.31. The molecular weight excluding hydrogens is 208 g/mol. The summed E-state index contributed by atoms with van der Waals surface area (Å²) < 4.78 is 0. The lowest BCUT2D eigenvalue weighted by molar-refractivity contribution is 0.437. The molecule has 2 aromatic rings. The fourth-order valence-corrected chi connectivity index (χ4v) is 2.58. The van der Waals surface area contributed by atoms with Gasteiger partial charge in [0.1, 0.15) is 5.82 Å². The Morgan fingerprint density at radius 3 is 2.71 bits per heavy atom. The maximum Gasteiger partial charge on any atom is 0.136 e. The number of anilines is 1. The van der Waals surface area contributed by atoms with Crippen molar-refractivity contribution in [1.29, 1.82) is 0 Å². The molecule has 1 fully saturated rings. The minimum Gasteiger partial charge on any atom is -0.356 e. The molecule has 2 heteroatoms. The van der Waals surface area contributed by atoms with Gasteiger partial charge in [-0.2, -0.15) is 0 Å². The average molecular weight is 226 g/mol. The summed E-state index contributed by atoms with van der Waals surface area (Å²) in [6, 6.07) is 10.6. The molecule has 2 nitrogen and oxygen atoms in total. The molecule has 0 amide bonds. The Morgan fingerprint density at radius 2 is 1.88 bits per heavy atom. The first-order valence-electron chi connectivity index (χ1n) is 6.43. The summed E-state index contributed by atoms with van der Waals surface area (Å²) in [5, 5.41) is 2.57. The van der Waals surface area contributed by atoms with E-state index in [9.17, 15) is 0 Å². The van der Waals surface area contributed by atoms with Crippen molar-refractivity contribution in [2.45, 2.75) is 19.8 Å². The molecule has 0 bridgehead atoms. The van der Waals surface area contributed by atoms with E-state index < -0.39 is 0 Å². The van der Waals surface area contributed by atoms with Gasteiger partial charge in [-0.1, -0.05) is 31.2 Å². The van der Waals surface area contributed by atoms with Crippen LogP contribution in [0.4, 0.5) is 5.82 Å². The van der Waals surface area contributed by atoms with Gasteiger partial charge in [0, 0.05) is 24.7 Å². The second-order valence-corrected chi connectivity index (χ2v) is 5.03. The second-order valence-electron chi connectivity index (χ2n) is 5.03. The van der Waals surface area contributed by atoms with Gasteiger partial charge < -0.3 is 4.90 Å². The summed E-state index contributed by atoms with van der Waals surface area (Å²) in [4.78, 5) is 7.01. The molecule has 1 aromatic heterocycles. The fraction of sp³-hybridized carbons (Fsp3) is 0.400. The maximum absolute atomic E-state index is 4.58. The van der Waals surface area contributed by atoms with E-state index in [-0.39, 0.29) is 0 Å². The van der Waals surface area contributed by atoms with Crippen molar-refractivity contribution in [1.82, 2.24) is 4.98 Å². The zero-order valence-corrected chi connectivity index (χ0v) is 10.3. The third-order valence-corrected chi connectivity index (χ3v) is 3.74. The Kier molecular flexibility index (Phi) is 2.71. The Morgan fingerprint density at radius 1 is 1.12 bits per heavy atom. The number of benzene rings is 1. The molecule has 0 saturated carbocycles. The molecule has 1 aliphatic rings. The third kappa shape index (κ3) is 1.99. The molecule has 88 valence electrons. The summed E-state index contributed by atoms with van der Waals surface area (Å²) in [7, 11) is 0. The summed E-state index contributed by atoms with van der Waals surface area (Å²) in [5.41, 5.74) is 0. The molecule has 0 atom stereocenters. The van der Waals surface area contributed by atoms with E-state index in [4.69, 9.17) is 0 Å². The van der Waals surface area contributed by atoms with Gasteiger partial charge in [-0.05, 0) is 30.2 Å².